The number of hydrogen-bond donors (Lipinski definition) is 3. The first-order chi connectivity index (χ1) is 11.9. The lowest BCUT2D eigenvalue weighted by molar-refractivity contribution is -1.01. The van der Waals surface area contributed by atoms with Gasteiger partial charge in [0.25, 0.3) is 0 Å². The maximum atomic E-state index is 12.3. The number of aliphatic carboxylic acids is 1. The first kappa shape index (κ1) is 18.9. The molecule has 2 rings (SSSR count). The number of nitrogens with one attached hydrogen (secondary N) is 3. The van der Waals surface area contributed by atoms with Gasteiger partial charge >= 0.3 is 5.97 Å². The van der Waals surface area contributed by atoms with E-state index in [1.807, 2.05) is 0 Å². The van der Waals surface area contributed by atoms with E-state index in [1.165, 1.54) is 18.1 Å². The number of ether oxygens (including phenoxy) is 1. The van der Waals surface area contributed by atoms with Gasteiger partial charge in [-0.15, -0.1) is 0 Å². The van der Waals surface area contributed by atoms with Crippen LogP contribution in [0.2, 0.25) is 0 Å². The average Bonchev–Trinajstić information content (AvgIpc) is 2.60. The highest BCUT2D eigenvalue weighted by Gasteiger charge is 2.31. The third-order valence-corrected chi connectivity index (χ3v) is 4.52. The minimum Gasteiger partial charge on any atom is -0.544 e. The highest BCUT2D eigenvalue weighted by Crippen LogP contribution is 2.16. The minimum atomic E-state index is -1.23. The quantitative estimate of drug-likeness (QED) is 0.459. The van der Waals surface area contributed by atoms with Crippen molar-refractivity contribution in [1.29, 1.82) is 0 Å². The third kappa shape index (κ3) is 5.01. The zero-order chi connectivity index (χ0) is 18.4. The number of quaternary nitrogens is 2. The third-order valence-electron chi connectivity index (χ3n) is 4.52. The van der Waals surface area contributed by atoms with Crippen LogP contribution in [0.15, 0.2) is 24.3 Å². The van der Waals surface area contributed by atoms with Crippen LogP contribution in [0.4, 0.5) is 5.69 Å². The number of carboxylic acids is 1. The molecule has 1 aliphatic heterocycles. The Morgan fingerprint density at radius 3 is 2.44 bits per heavy atom. The molecule has 0 saturated carbocycles. The van der Waals surface area contributed by atoms with Crippen molar-refractivity contribution < 1.29 is 34.0 Å². The molecule has 0 aromatic heterocycles. The molecule has 1 amide bonds. The summed E-state index contributed by atoms with van der Waals surface area (Å²) in [5.74, 6) is -2.27. The standard InChI is InChI=1S/C17H23N3O5/c1-19-7-9-20(10-8-19)14(16(22)23)11-15(21)18-13-6-4-3-5-12(13)17(24)25-2/h3-6,14H,7-11H2,1-2H3,(H,18,21)(H,22,23)/p+1/t14-/m0/s1. The van der Waals surface area contributed by atoms with Gasteiger partial charge in [0.1, 0.15) is 32.2 Å². The molecular weight excluding hydrogens is 326 g/mol. The van der Waals surface area contributed by atoms with Crippen molar-refractivity contribution in [3.05, 3.63) is 29.8 Å². The fourth-order valence-corrected chi connectivity index (χ4v) is 3.01. The van der Waals surface area contributed by atoms with E-state index >= 15 is 0 Å². The number of carbonyl (C=O) groups is 3. The smallest absolute Gasteiger partial charge is 0.339 e. The number of carbonyl (C=O) groups excluding carboxylic acids is 3. The van der Waals surface area contributed by atoms with Gasteiger partial charge in [-0.25, -0.2) is 4.79 Å². The van der Waals surface area contributed by atoms with Crippen molar-refractivity contribution in [3.8, 4) is 0 Å². The van der Waals surface area contributed by atoms with E-state index in [9.17, 15) is 19.5 Å². The largest absolute Gasteiger partial charge is 0.544 e. The molecule has 1 heterocycles. The SMILES string of the molecule is COC(=O)c1ccccc1NC(=O)C[C@@H](C(=O)[O-])[NH+]1CC[NH+](C)CC1. The van der Waals surface area contributed by atoms with Crippen LogP contribution in [0, 0.1) is 0 Å². The Balaban J connectivity index is 2.05. The van der Waals surface area contributed by atoms with Crippen molar-refractivity contribution in [2.75, 3.05) is 45.7 Å². The number of para-hydroxylation sites is 1. The topological polar surface area (TPSA) is 104 Å². The molecule has 0 aliphatic carbocycles. The molecule has 25 heavy (non-hydrogen) atoms. The van der Waals surface area contributed by atoms with Crippen molar-refractivity contribution >= 4 is 23.5 Å². The lowest BCUT2D eigenvalue weighted by Crippen LogP contribution is -3.29. The number of carboxylic acid groups (broad SMARTS) is 1. The summed E-state index contributed by atoms with van der Waals surface area (Å²) in [6.45, 7) is 3.06. The Morgan fingerprint density at radius 1 is 1.20 bits per heavy atom. The fourth-order valence-electron chi connectivity index (χ4n) is 3.01. The predicted molar refractivity (Wildman–Crippen MR) is 87.1 cm³/mol. The average molecular weight is 350 g/mol. The summed E-state index contributed by atoms with van der Waals surface area (Å²) >= 11 is 0. The normalized spacial score (nSPS) is 21.2. The molecule has 8 nitrogen and oxygen atoms in total. The molecule has 8 heteroatoms. The zero-order valence-electron chi connectivity index (χ0n) is 14.5. The monoisotopic (exact) mass is 350 g/mol. The van der Waals surface area contributed by atoms with Crippen LogP contribution in [0.3, 0.4) is 0 Å². The van der Waals surface area contributed by atoms with Gasteiger partial charge in [0.15, 0.2) is 0 Å². The molecule has 0 spiro atoms. The Kier molecular flexibility index (Phi) is 6.49. The van der Waals surface area contributed by atoms with Gasteiger partial charge < -0.3 is 29.8 Å². The number of rotatable bonds is 6. The highest BCUT2D eigenvalue weighted by molar-refractivity contribution is 6.01. The van der Waals surface area contributed by atoms with Gasteiger partial charge in [-0.3, -0.25) is 4.79 Å². The van der Waals surface area contributed by atoms with Gasteiger partial charge in [-0.05, 0) is 12.1 Å². The zero-order valence-corrected chi connectivity index (χ0v) is 14.5. The first-order valence-electron chi connectivity index (χ1n) is 8.26. The highest BCUT2D eigenvalue weighted by atomic mass is 16.5. The number of benzene rings is 1. The summed E-state index contributed by atoms with van der Waals surface area (Å²) in [5, 5.41) is 14.1. The molecule has 1 aromatic rings. The molecule has 1 fully saturated rings. The molecule has 136 valence electrons. The molecule has 1 saturated heterocycles. The molecule has 0 bridgehead atoms. The van der Waals surface area contributed by atoms with Crippen LogP contribution in [0.5, 0.6) is 0 Å². The number of methoxy groups -OCH3 is 1. The van der Waals surface area contributed by atoms with Gasteiger partial charge in [-0.1, -0.05) is 12.1 Å². The Hall–Kier alpha value is -2.45. The molecule has 1 aromatic carbocycles. The summed E-state index contributed by atoms with van der Waals surface area (Å²) in [5.41, 5.74) is 0.521. The van der Waals surface area contributed by atoms with Crippen LogP contribution in [-0.4, -0.2) is 64.2 Å². The second-order valence-corrected chi connectivity index (χ2v) is 6.28. The lowest BCUT2D eigenvalue weighted by Gasteiger charge is -2.33. The molecule has 0 unspecified atom stereocenters. The van der Waals surface area contributed by atoms with Crippen LogP contribution >= 0.6 is 0 Å². The number of anilines is 1. The van der Waals surface area contributed by atoms with E-state index in [2.05, 4.69) is 17.1 Å². The molecular formula is C17H24N3O5+. The molecule has 3 N–H and O–H groups in total. The maximum absolute atomic E-state index is 12.3. The summed E-state index contributed by atoms with van der Waals surface area (Å²) in [6.07, 6.45) is -0.202. The van der Waals surface area contributed by atoms with Crippen molar-refractivity contribution in [3.63, 3.8) is 0 Å². The van der Waals surface area contributed by atoms with Crippen LogP contribution in [-0.2, 0) is 14.3 Å². The number of esters is 1. The second kappa shape index (κ2) is 8.59. The Morgan fingerprint density at radius 2 is 1.84 bits per heavy atom. The van der Waals surface area contributed by atoms with E-state index in [0.29, 0.717) is 18.8 Å². The van der Waals surface area contributed by atoms with Crippen LogP contribution in [0.1, 0.15) is 16.8 Å². The number of piperazine rings is 1. The second-order valence-electron chi connectivity index (χ2n) is 6.28. The van der Waals surface area contributed by atoms with Crippen LogP contribution in [0.25, 0.3) is 0 Å². The summed E-state index contributed by atoms with van der Waals surface area (Å²) in [6, 6.07) is 5.53. The molecule has 1 aliphatic rings. The number of hydrogen-bond acceptors (Lipinski definition) is 5. The predicted octanol–water partition coefficient (Wildman–Crippen LogP) is -3.67. The van der Waals surface area contributed by atoms with E-state index < -0.39 is 23.9 Å². The summed E-state index contributed by atoms with van der Waals surface area (Å²) in [7, 11) is 3.31. The molecule has 1 atom stereocenters. The number of amides is 1. The Bertz CT molecular complexity index is 641. The van der Waals surface area contributed by atoms with Crippen molar-refractivity contribution in [2.45, 2.75) is 12.5 Å². The van der Waals surface area contributed by atoms with Gasteiger partial charge in [0.2, 0.25) is 5.91 Å². The van der Waals surface area contributed by atoms with Crippen molar-refractivity contribution in [2.24, 2.45) is 0 Å². The van der Waals surface area contributed by atoms with E-state index in [0.717, 1.165) is 18.0 Å². The lowest BCUT2D eigenvalue weighted by atomic mass is 10.1. The first-order valence-corrected chi connectivity index (χ1v) is 8.26. The van der Waals surface area contributed by atoms with Gasteiger partial charge in [0, 0.05) is 0 Å². The van der Waals surface area contributed by atoms with Crippen molar-refractivity contribution in [1.82, 2.24) is 0 Å². The minimum absolute atomic E-state index is 0.202. The van der Waals surface area contributed by atoms with E-state index in [-0.39, 0.29) is 12.0 Å². The summed E-state index contributed by atoms with van der Waals surface area (Å²) in [4.78, 5) is 37.8. The summed E-state index contributed by atoms with van der Waals surface area (Å²) < 4.78 is 4.68. The van der Waals surface area contributed by atoms with E-state index in [1.54, 1.807) is 18.2 Å². The maximum Gasteiger partial charge on any atom is 0.339 e. The van der Waals surface area contributed by atoms with E-state index in [4.69, 9.17) is 0 Å². The van der Waals surface area contributed by atoms with Crippen LogP contribution < -0.4 is 20.2 Å². The van der Waals surface area contributed by atoms with Gasteiger partial charge in [-0.2, -0.15) is 0 Å². The number of likely N-dealkylation sites (N-methyl/N-ethyl adjacent to an activating group) is 1. The Labute approximate surface area is 146 Å². The molecule has 0 radical (unpaired) electrons. The van der Waals surface area contributed by atoms with Gasteiger partial charge in [0.05, 0.1) is 37.8 Å². The fraction of sp³-hybridized carbons (Fsp3) is 0.471.